The topological polar surface area (TPSA) is 58.2 Å². The minimum atomic E-state index is -3.43. The van der Waals surface area contributed by atoms with Crippen molar-refractivity contribution in [3.63, 3.8) is 0 Å². The number of halogens is 1. The molecule has 0 aliphatic heterocycles. The van der Waals surface area contributed by atoms with Crippen molar-refractivity contribution in [2.75, 3.05) is 19.3 Å². The Kier molecular flexibility index (Phi) is 6.18. The molecule has 1 saturated carbocycles. The molecule has 120 valence electrons. The van der Waals surface area contributed by atoms with E-state index in [2.05, 4.69) is 32.9 Å². The van der Waals surface area contributed by atoms with Crippen molar-refractivity contribution < 1.29 is 8.42 Å². The molecule has 2 rings (SSSR count). The molecule has 1 fully saturated rings. The molecule has 0 amide bonds. The Morgan fingerprint density at radius 2 is 2.19 bits per heavy atom. The molecule has 0 spiro atoms. The molecule has 0 unspecified atom stereocenters. The van der Waals surface area contributed by atoms with Crippen LogP contribution in [0.4, 0.5) is 0 Å². The van der Waals surface area contributed by atoms with Gasteiger partial charge in [-0.3, -0.25) is 0 Å². The van der Waals surface area contributed by atoms with Crippen LogP contribution in [0, 0.1) is 0 Å². The third-order valence-corrected chi connectivity index (χ3v) is 8.62. The van der Waals surface area contributed by atoms with Crippen LogP contribution >= 0.6 is 39.0 Å². The fraction of sp³-hybridized carbons (Fsp3) is 0.692. The van der Waals surface area contributed by atoms with Crippen molar-refractivity contribution in [2.24, 2.45) is 0 Å². The zero-order valence-corrected chi connectivity index (χ0v) is 16.3. The number of rotatable bonds is 9. The second-order valence-electron chi connectivity index (χ2n) is 5.24. The SMILES string of the molecule is CCCNCc1cc(S(=O)(=O)NCC2(SC)CC2)c(Br)s1. The fourth-order valence-electron chi connectivity index (χ4n) is 1.95. The first kappa shape index (κ1) is 17.7. The van der Waals surface area contributed by atoms with Gasteiger partial charge in [0.1, 0.15) is 4.90 Å². The van der Waals surface area contributed by atoms with Crippen molar-refractivity contribution in [3.8, 4) is 0 Å². The highest BCUT2D eigenvalue weighted by atomic mass is 79.9. The normalized spacial score (nSPS) is 17.1. The number of hydrogen-bond donors (Lipinski definition) is 2. The van der Waals surface area contributed by atoms with Crippen LogP contribution in [0.3, 0.4) is 0 Å². The molecular weight excluding hydrogens is 392 g/mol. The van der Waals surface area contributed by atoms with E-state index in [1.165, 1.54) is 11.3 Å². The summed E-state index contributed by atoms with van der Waals surface area (Å²) in [5.74, 6) is 0. The van der Waals surface area contributed by atoms with Crippen LogP contribution in [0.1, 0.15) is 31.1 Å². The minimum Gasteiger partial charge on any atom is -0.312 e. The molecule has 1 aliphatic rings. The number of nitrogens with one attached hydrogen (secondary N) is 2. The zero-order valence-electron chi connectivity index (χ0n) is 12.2. The van der Waals surface area contributed by atoms with Crippen LogP contribution in [-0.2, 0) is 16.6 Å². The van der Waals surface area contributed by atoms with E-state index in [4.69, 9.17) is 0 Å². The average Bonchev–Trinajstić information content (AvgIpc) is 3.14. The summed E-state index contributed by atoms with van der Waals surface area (Å²) in [6.45, 7) is 4.27. The average molecular weight is 413 g/mol. The number of thioether (sulfide) groups is 1. The van der Waals surface area contributed by atoms with Crippen LogP contribution in [0.25, 0.3) is 0 Å². The third kappa shape index (κ3) is 4.68. The molecule has 1 aromatic heterocycles. The van der Waals surface area contributed by atoms with Gasteiger partial charge in [-0.2, -0.15) is 11.8 Å². The number of thiophene rings is 1. The van der Waals surface area contributed by atoms with Gasteiger partial charge in [-0.05, 0) is 54.1 Å². The van der Waals surface area contributed by atoms with E-state index in [9.17, 15) is 8.42 Å². The number of hydrogen-bond acceptors (Lipinski definition) is 5. The van der Waals surface area contributed by atoms with Crippen LogP contribution in [0.2, 0.25) is 0 Å². The van der Waals surface area contributed by atoms with Gasteiger partial charge in [0.25, 0.3) is 0 Å². The molecule has 1 aromatic rings. The summed E-state index contributed by atoms with van der Waals surface area (Å²) in [7, 11) is -3.43. The minimum absolute atomic E-state index is 0.126. The molecule has 0 aromatic carbocycles. The summed E-state index contributed by atoms with van der Waals surface area (Å²) in [5, 5.41) is 3.29. The van der Waals surface area contributed by atoms with Gasteiger partial charge in [0.05, 0.1) is 3.79 Å². The van der Waals surface area contributed by atoms with Gasteiger partial charge in [-0.25, -0.2) is 13.1 Å². The van der Waals surface area contributed by atoms with Gasteiger partial charge in [0.2, 0.25) is 10.0 Å². The van der Waals surface area contributed by atoms with Crippen molar-refractivity contribution in [2.45, 2.75) is 42.4 Å². The van der Waals surface area contributed by atoms with Crippen molar-refractivity contribution in [3.05, 3.63) is 14.7 Å². The van der Waals surface area contributed by atoms with Gasteiger partial charge < -0.3 is 5.32 Å². The highest BCUT2D eigenvalue weighted by Gasteiger charge is 2.42. The Morgan fingerprint density at radius 3 is 2.76 bits per heavy atom. The summed E-state index contributed by atoms with van der Waals surface area (Å²) in [5.41, 5.74) is 0. The van der Waals surface area contributed by atoms with Crippen molar-refractivity contribution >= 4 is 49.1 Å². The predicted octanol–water partition coefficient (Wildman–Crippen LogP) is 3.18. The monoisotopic (exact) mass is 412 g/mol. The van der Waals surface area contributed by atoms with E-state index in [0.29, 0.717) is 21.8 Å². The summed E-state index contributed by atoms with van der Waals surface area (Å²) < 4.78 is 28.4. The molecule has 8 heteroatoms. The van der Waals surface area contributed by atoms with Gasteiger partial charge in [-0.1, -0.05) is 6.92 Å². The highest BCUT2D eigenvalue weighted by molar-refractivity contribution is 9.11. The molecule has 2 N–H and O–H groups in total. The second kappa shape index (κ2) is 7.31. The third-order valence-electron chi connectivity index (χ3n) is 3.55. The first-order valence-electron chi connectivity index (χ1n) is 6.96. The maximum atomic E-state index is 12.4. The molecule has 4 nitrogen and oxygen atoms in total. The zero-order chi connectivity index (χ0) is 15.5. The maximum absolute atomic E-state index is 12.4. The smallest absolute Gasteiger partial charge is 0.242 e. The van der Waals surface area contributed by atoms with Gasteiger partial charge in [0, 0.05) is 22.7 Å². The standard InChI is InChI=1S/C13H21BrN2O2S3/c1-3-6-15-8-10-7-11(12(14)20-10)21(17,18)16-9-13(19-2)4-5-13/h7,15-16H,3-6,8-9H2,1-2H3. The van der Waals surface area contributed by atoms with E-state index in [0.717, 1.165) is 30.7 Å². The quantitative estimate of drug-likeness (QED) is 0.611. The maximum Gasteiger partial charge on any atom is 0.242 e. The Balaban J connectivity index is 2.02. The summed E-state index contributed by atoms with van der Waals surface area (Å²) >= 11 is 6.61. The summed E-state index contributed by atoms with van der Waals surface area (Å²) in [4.78, 5) is 1.39. The summed E-state index contributed by atoms with van der Waals surface area (Å²) in [6.07, 6.45) is 5.29. The second-order valence-corrected chi connectivity index (χ2v) is 10.7. The Bertz CT molecular complexity index is 582. The first-order valence-corrected chi connectivity index (χ1v) is 11.3. The Morgan fingerprint density at radius 1 is 1.48 bits per heavy atom. The molecule has 0 atom stereocenters. The van der Waals surface area contributed by atoms with Crippen LogP contribution in [-0.4, -0.2) is 32.5 Å². The Labute approximate surface area is 143 Å². The lowest BCUT2D eigenvalue weighted by Crippen LogP contribution is -2.31. The molecule has 0 saturated heterocycles. The van der Waals surface area contributed by atoms with E-state index in [-0.39, 0.29) is 4.75 Å². The largest absolute Gasteiger partial charge is 0.312 e. The van der Waals surface area contributed by atoms with Crippen LogP contribution in [0.5, 0.6) is 0 Å². The molecule has 1 heterocycles. The number of sulfonamides is 1. The van der Waals surface area contributed by atoms with Gasteiger partial charge in [0.15, 0.2) is 0 Å². The Hall–Kier alpha value is 0.400. The lowest BCUT2D eigenvalue weighted by Gasteiger charge is -2.13. The van der Waals surface area contributed by atoms with E-state index in [1.54, 1.807) is 17.8 Å². The first-order chi connectivity index (χ1) is 9.92. The molecule has 0 bridgehead atoms. The van der Waals surface area contributed by atoms with E-state index in [1.807, 2.05) is 6.26 Å². The van der Waals surface area contributed by atoms with Crippen molar-refractivity contribution in [1.82, 2.24) is 10.0 Å². The fourth-order valence-corrected chi connectivity index (χ4v) is 6.55. The molecule has 21 heavy (non-hydrogen) atoms. The lowest BCUT2D eigenvalue weighted by molar-refractivity contribution is 0.579. The highest BCUT2D eigenvalue weighted by Crippen LogP contribution is 2.46. The van der Waals surface area contributed by atoms with Crippen molar-refractivity contribution in [1.29, 1.82) is 0 Å². The molecule has 0 radical (unpaired) electrons. The van der Waals surface area contributed by atoms with Gasteiger partial charge >= 0.3 is 0 Å². The molecule has 1 aliphatic carbocycles. The van der Waals surface area contributed by atoms with Crippen LogP contribution < -0.4 is 10.0 Å². The molecular formula is C13H21BrN2O2S3. The van der Waals surface area contributed by atoms with E-state index >= 15 is 0 Å². The summed E-state index contributed by atoms with van der Waals surface area (Å²) in [6, 6.07) is 1.76. The lowest BCUT2D eigenvalue weighted by atomic mass is 10.4. The van der Waals surface area contributed by atoms with Crippen LogP contribution in [0.15, 0.2) is 14.7 Å². The predicted molar refractivity (Wildman–Crippen MR) is 94.7 cm³/mol. The van der Waals surface area contributed by atoms with Gasteiger partial charge in [-0.15, -0.1) is 11.3 Å². The van der Waals surface area contributed by atoms with E-state index < -0.39 is 10.0 Å².